The van der Waals surface area contributed by atoms with Crippen LogP contribution in [0, 0.1) is 3.57 Å². The van der Waals surface area contributed by atoms with Gasteiger partial charge in [0.05, 0.1) is 17.6 Å². The van der Waals surface area contributed by atoms with Gasteiger partial charge in [0, 0.05) is 19.9 Å². The molecule has 0 saturated carbocycles. The fourth-order valence-electron chi connectivity index (χ4n) is 2.00. The molecule has 0 atom stereocenters. The summed E-state index contributed by atoms with van der Waals surface area (Å²) in [5, 5.41) is 0. The highest BCUT2D eigenvalue weighted by atomic mass is 127. The number of halogens is 2. The highest BCUT2D eigenvalue weighted by Gasteiger charge is 2.01. The van der Waals surface area contributed by atoms with E-state index in [2.05, 4.69) is 78.4 Å². The molecule has 0 bridgehead atoms. The first-order chi connectivity index (χ1) is 10.2. The Hall–Kier alpha value is -1.40. The second kappa shape index (κ2) is 6.58. The van der Waals surface area contributed by atoms with E-state index >= 15 is 0 Å². The third-order valence-electron chi connectivity index (χ3n) is 3.06. The van der Waals surface area contributed by atoms with E-state index in [9.17, 15) is 0 Å². The maximum Gasteiger partial charge on any atom is 0.0639 e. The Bertz CT molecular complexity index is 758. The molecule has 0 amide bonds. The van der Waals surface area contributed by atoms with Crippen molar-refractivity contribution in [2.75, 3.05) is 0 Å². The van der Waals surface area contributed by atoms with Crippen LogP contribution in [0.4, 0.5) is 5.69 Å². The Balaban J connectivity index is 1.88. The lowest BCUT2D eigenvalue weighted by atomic mass is 10.3. The van der Waals surface area contributed by atoms with Crippen molar-refractivity contribution in [3.05, 3.63) is 80.6 Å². The van der Waals surface area contributed by atoms with E-state index in [1.807, 2.05) is 42.7 Å². The summed E-state index contributed by atoms with van der Waals surface area (Å²) in [4.78, 5) is 4.54. The molecule has 0 fully saturated rings. The van der Waals surface area contributed by atoms with Crippen LogP contribution in [0.25, 0.3) is 5.69 Å². The Morgan fingerprint density at radius 3 is 2.38 bits per heavy atom. The van der Waals surface area contributed by atoms with Crippen molar-refractivity contribution in [3.8, 4) is 5.69 Å². The second-order valence-corrected chi connectivity index (χ2v) is 6.68. The molecule has 0 aliphatic heterocycles. The number of aliphatic imine (C=N–C) groups is 1. The highest BCUT2D eigenvalue weighted by molar-refractivity contribution is 14.1. The largest absolute Gasteiger partial charge is 0.316 e. The predicted molar refractivity (Wildman–Crippen MR) is 99.9 cm³/mol. The Kier molecular flexibility index (Phi) is 4.55. The van der Waals surface area contributed by atoms with Gasteiger partial charge in [-0.2, -0.15) is 0 Å². The third-order valence-corrected chi connectivity index (χ3v) is 4.31. The molecule has 0 unspecified atom stereocenters. The van der Waals surface area contributed by atoms with Gasteiger partial charge in [-0.25, -0.2) is 0 Å². The lowest BCUT2D eigenvalue weighted by Gasteiger charge is -2.06. The average Bonchev–Trinajstić information content (AvgIpc) is 2.96. The van der Waals surface area contributed by atoms with Crippen molar-refractivity contribution in [3.63, 3.8) is 0 Å². The van der Waals surface area contributed by atoms with Crippen molar-refractivity contribution in [1.82, 2.24) is 4.57 Å². The Morgan fingerprint density at radius 2 is 1.67 bits per heavy atom. The number of rotatable bonds is 3. The summed E-state index contributed by atoms with van der Waals surface area (Å²) < 4.78 is 4.40. The third kappa shape index (κ3) is 3.63. The van der Waals surface area contributed by atoms with E-state index in [0.29, 0.717) is 0 Å². The SMILES string of the molecule is Brc1ccc(-n2cccc2C=Nc2ccc(I)cc2)cc1. The quantitative estimate of drug-likeness (QED) is 0.365. The molecule has 0 saturated heterocycles. The standard InChI is InChI=1S/C17H12BrIN2/c18-13-3-9-16(10-4-13)21-11-1-2-17(21)12-20-15-7-5-14(19)6-8-15/h1-12H. The van der Waals surface area contributed by atoms with Gasteiger partial charge in [-0.3, -0.25) is 4.99 Å². The van der Waals surface area contributed by atoms with Crippen LogP contribution < -0.4 is 0 Å². The zero-order valence-corrected chi connectivity index (χ0v) is 14.8. The van der Waals surface area contributed by atoms with Gasteiger partial charge in [-0.15, -0.1) is 0 Å². The summed E-state index contributed by atoms with van der Waals surface area (Å²) in [6, 6.07) is 20.5. The normalized spacial score (nSPS) is 11.1. The molecule has 1 aromatic heterocycles. The smallest absolute Gasteiger partial charge is 0.0639 e. The van der Waals surface area contributed by atoms with Crippen molar-refractivity contribution in [1.29, 1.82) is 0 Å². The van der Waals surface area contributed by atoms with Gasteiger partial charge in [0.15, 0.2) is 0 Å². The number of hydrogen-bond donors (Lipinski definition) is 0. The van der Waals surface area contributed by atoms with E-state index in [1.54, 1.807) is 0 Å². The van der Waals surface area contributed by atoms with Gasteiger partial charge < -0.3 is 4.57 Å². The number of hydrogen-bond acceptors (Lipinski definition) is 1. The van der Waals surface area contributed by atoms with Gasteiger partial charge in [0.2, 0.25) is 0 Å². The van der Waals surface area contributed by atoms with Crippen molar-refractivity contribution in [2.24, 2.45) is 4.99 Å². The minimum absolute atomic E-state index is 0.957. The van der Waals surface area contributed by atoms with Crippen LogP contribution in [0.5, 0.6) is 0 Å². The number of benzene rings is 2. The van der Waals surface area contributed by atoms with Gasteiger partial charge in [-0.05, 0) is 83.3 Å². The van der Waals surface area contributed by atoms with Crippen molar-refractivity contribution >= 4 is 50.4 Å². The summed E-state index contributed by atoms with van der Waals surface area (Å²) in [5.41, 5.74) is 3.13. The Labute approximate surface area is 145 Å². The van der Waals surface area contributed by atoms with Gasteiger partial charge in [-0.1, -0.05) is 15.9 Å². The van der Waals surface area contributed by atoms with Gasteiger partial charge >= 0.3 is 0 Å². The lowest BCUT2D eigenvalue weighted by molar-refractivity contribution is 1.07. The molecule has 4 heteroatoms. The molecule has 0 radical (unpaired) electrons. The molecule has 0 N–H and O–H groups in total. The van der Waals surface area contributed by atoms with E-state index in [1.165, 1.54) is 3.57 Å². The van der Waals surface area contributed by atoms with E-state index in [4.69, 9.17) is 0 Å². The molecular formula is C17H12BrIN2. The van der Waals surface area contributed by atoms with E-state index in [-0.39, 0.29) is 0 Å². The summed E-state index contributed by atoms with van der Waals surface area (Å²) >= 11 is 5.75. The summed E-state index contributed by atoms with van der Waals surface area (Å²) in [5.74, 6) is 0. The Morgan fingerprint density at radius 1 is 0.952 bits per heavy atom. The van der Waals surface area contributed by atoms with Crippen LogP contribution >= 0.6 is 38.5 Å². The van der Waals surface area contributed by atoms with E-state index < -0.39 is 0 Å². The van der Waals surface area contributed by atoms with Crippen molar-refractivity contribution < 1.29 is 0 Å². The van der Waals surface area contributed by atoms with E-state index in [0.717, 1.165) is 21.5 Å². The molecule has 3 aromatic rings. The molecular weight excluding hydrogens is 439 g/mol. The van der Waals surface area contributed by atoms with Crippen LogP contribution in [-0.4, -0.2) is 10.8 Å². The van der Waals surface area contributed by atoms with Crippen LogP contribution in [0.2, 0.25) is 0 Å². The maximum absolute atomic E-state index is 4.54. The lowest BCUT2D eigenvalue weighted by Crippen LogP contribution is -1.97. The molecule has 3 rings (SSSR count). The molecule has 1 heterocycles. The average molecular weight is 451 g/mol. The zero-order chi connectivity index (χ0) is 14.7. The van der Waals surface area contributed by atoms with Crippen LogP contribution in [0.3, 0.4) is 0 Å². The fraction of sp³-hybridized carbons (Fsp3) is 0. The molecule has 104 valence electrons. The highest BCUT2D eigenvalue weighted by Crippen LogP contribution is 2.17. The first-order valence-electron chi connectivity index (χ1n) is 6.45. The predicted octanol–water partition coefficient (Wildman–Crippen LogP) is 5.60. The number of aromatic nitrogens is 1. The zero-order valence-electron chi connectivity index (χ0n) is 11.1. The van der Waals surface area contributed by atoms with Crippen molar-refractivity contribution in [2.45, 2.75) is 0 Å². The fourth-order valence-corrected chi connectivity index (χ4v) is 2.63. The first-order valence-corrected chi connectivity index (χ1v) is 8.32. The van der Waals surface area contributed by atoms with Gasteiger partial charge in [0.25, 0.3) is 0 Å². The summed E-state index contributed by atoms with van der Waals surface area (Å²) in [6.07, 6.45) is 3.93. The summed E-state index contributed by atoms with van der Waals surface area (Å²) in [7, 11) is 0. The molecule has 21 heavy (non-hydrogen) atoms. The van der Waals surface area contributed by atoms with Crippen LogP contribution in [0.15, 0.2) is 76.3 Å². The molecule has 2 nitrogen and oxygen atoms in total. The molecule has 0 aliphatic carbocycles. The molecule has 0 aliphatic rings. The van der Waals surface area contributed by atoms with Crippen LogP contribution in [-0.2, 0) is 0 Å². The number of nitrogens with zero attached hydrogens (tertiary/aromatic N) is 2. The minimum atomic E-state index is 0.957. The molecule has 2 aromatic carbocycles. The first kappa shape index (κ1) is 14.5. The van der Waals surface area contributed by atoms with Gasteiger partial charge in [0.1, 0.15) is 0 Å². The monoisotopic (exact) mass is 450 g/mol. The summed E-state index contributed by atoms with van der Waals surface area (Å²) in [6.45, 7) is 0. The maximum atomic E-state index is 4.54. The minimum Gasteiger partial charge on any atom is -0.316 e. The second-order valence-electron chi connectivity index (χ2n) is 4.51. The molecule has 0 spiro atoms. The van der Waals surface area contributed by atoms with Crippen LogP contribution in [0.1, 0.15) is 5.69 Å². The topological polar surface area (TPSA) is 17.3 Å².